The summed E-state index contributed by atoms with van der Waals surface area (Å²) in [5.41, 5.74) is 3.68. The first kappa shape index (κ1) is 24.2. The van der Waals surface area contributed by atoms with Crippen molar-refractivity contribution >= 4 is 12.1 Å². The zero-order valence-electron chi connectivity index (χ0n) is 20.0. The highest BCUT2D eigenvalue weighted by atomic mass is 19.1. The van der Waals surface area contributed by atoms with E-state index in [1.54, 1.807) is 26.2 Å². The van der Waals surface area contributed by atoms with Crippen LogP contribution in [0.3, 0.4) is 0 Å². The third kappa shape index (κ3) is 4.40. The molecule has 0 saturated carbocycles. The molecule has 2 saturated heterocycles. The number of amides is 1. The van der Waals surface area contributed by atoms with Gasteiger partial charge in [-0.15, -0.1) is 0 Å². The van der Waals surface area contributed by atoms with Gasteiger partial charge in [-0.2, -0.15) is 5.06 Å². The molecule has 8 heteroatoms. The van der Waals surface area contributed by atoms with Gasteiger partial charge in [-0.3, -0.25) is 4.79 Å². The first-order chi connectivity index (χ1) is 16.3. The summed E-state index contributed by atoms with van der Waals surface area (Å²) in [6.45, 7) is 6.99. The largest absolute Gasteiger partial charge is 0.508 e. The molecule has 2 aromatic rings. The maximum atomic E-state index is 13.5. The Balaban J connectivity index is 1.78. The van der Waals surface area contributed by atoms with Gasteiger partial charge >= 0.3 is 6.16 Å². The summed E-state index contributed by atoms with van der Waals surface area (Å²) in [7, 11) is 1.62. The highest BCUT2D eigenvalue weighted by molar-refractivity contribution is 5.90. The molecule has 2 heterocycles. The average Bonchev–Trinajstić information content (AvgIpc) is 3.06. The van der Waals surface area contributed by atoms with E-state index in [0.717, 1.165) is 27.8 Å². The number of benzene rings is 2. The number of nitrogens with zero attached hydrogens (tertiary/aromatic N) is 1. The van der Waals surface area contributed by atoms with Crippen LogP contribution in [0.4, 0.5) is 9.18 Å². The van der Waals surface area contributed by atoms with E-state index >= 15 is 0 Å². The quantitative estimate of drug-likeness (QED) is 0.658. The van der Waals surface area contributed by atoms with Crippen LogP contribution in [-0.2, 0) is 19.1 Å². The third-order valence-electron chi connectivity index (χ3n) is 7.06. The van der Waals surface area contributed by atoms with Crippen molar-refractivity contribution in [3.8, 4) is 11.1 Å². The summed E-state index contributed by atoms with van der Waals surface area (Å²) in [4.78, 5) is 31.3. The van der Waals surface area contributed by atoms with Crippen molar-refractivity contribution in [3.05, 3.63) is 58.9 Å². The van der Waals surface area contributed by atoms with Crippen molar-refractivity contribution < 1.29 is 28.3 Å². The van der Waals surface area contributed by atoms with Gasteiger partial charge in [-0.1, -0.05) is 24.3 Å². The number of piperidine rings is 1. The van der Waals surface area contributed by atoms with Gasteiger partial charge in [-0.25, -0.2) is 9.18 Å². The lowest BCUT2D eigenvalue weighted by Gasteiger charge is -2.41. The van der Waals surface area contributed by atoms with Crippen LogP contribution in [0, 0.1) is 19.7 Å². The molecule has 2 fully saturated rings. The molecular weight excluding hydrogens is 439 g/mol. The Bertz CT molecular complexity index is 1060. The third-order valence-corrected chi connectivity index (χ3v) is 7.06. The number of aryl methyl sites for hydroxylation is 1. The number of nitrogens with one attached hydrogen (secondary N) is 1. The summed E-state index contributed by atoms with van der Waals surface area (Å²) in [5.74, 6) is -1.18. The molecule has 0 aromatic heterocycles. The zero-order chi connectivity index (χ0) is 24.5. The van der Waals surface area contributed by atoms with Gasteiger partial charge in [0.25, 0.3) is 0 Å². The van der Waals surface area contributed by atoms with Crippen LogP contribution in [0.1, 0.15) is 42.4 Å². The van der Waals surface area contributed by atoms with Gasteiger partial charge in [0.2, 0.25) is 5.91 Å². The highest BCUT2D eigenvalue weighted by Gasteiger charge is 2.57. The van der Waals surface area contributed by atoms with Crippen molar-refractivity contribution in [1.29, 1.82) is 0 Å². The molecule has 1 spiro atoms. The molecule has 182 valence electrons. The molecule has 1 N–H and O–H groups in total. The molecule has 0 radical (unpaired) electrons. The number of ether oxygens (including phenoxy) is 2. The number of carbonyl (C=O) groups is 2. The van der Waals surface area contributed by atoms with Crippen LogP contribution in [0.5, 0.6) is 0 Å². The maximum Gasteiger partial charge on any atom is 0.508 e. The number of hydrogen-bond acceptors (Lipinski definition) is 6. The van der Waals surface area contributed by atoms with Crippen LogP contribution >= 0.6 is 0 Å². The first-order valence-corrected chi connectivity index (χ1v) is 11.6. The fourth-order valence-electron chi connectivity index (χ4n) is 5.33. The second-order valence-corrected chi connectivity index (χ2v) is 8.93. The smallest absolute Gasteiger partial charge is 0.435 e. The molecule has 2 atom stereocenters. The molecule has 7 nitrogen and oxygen atoms in total. The van der Waals surface area contributed by atoms with Crippen LogP contribution < -0.4 is 5.32 Å². The van der Waals surface area contributed by atoms with Gasteiger partial charge in [0.15, 0.2) is 0 Å². The Morgan fingerprint density at radius 2 is 1.82 bits per heavy atom. The molecule has 1 amide bonds. The lowest BCUT2D eigenvalue weighted by molar-refractivity contribution is -0.159. The van der Waals surface area contributed by atoms with Crippen molar-refractivity contribution in [2.45, 2.75) is 51.2 Å². The van der Waals surface area contributed by atoms with Crippen molar-refractivity contribution in [1.82, 2.24) is 10.4 Å². The topological polar surface area (TPSA) is 77.1 Å². The van der Waals surface area contributed by atoms with Gasteiger partial charge in [0.1, 0.15) is 17.8 Å². The Hall–Kier alpha value is -2.97. The summed E-state index contributed by atoms with van der Waals surface area (Å²) in [5, 5.41) is 5.01. The van der Waals surface area contributed by atoms with Crippen LogP contribution in [-0.4, -0.2) is 55.6 Å². The van der Waals surface area contributed by atoms with E-state index in [1.807, 2.05) is 31.0 Å². The Morgan fingerprint density at radius 3 is 2.44 bits per heavy atom. The number of carbonyl (C=O) groups excluding carboxylic acids is 2. The van der Waals surface area contributed by atoms with Gasteiger partial charge in [-0.05, 0) is 73.6 Å². The number of hydroxylamine groups is 2. The molecule has 2 aliphatic heterocycles. The minimum absolute atomic E-state index is 0.178. The van der Waals surface area contributed by atoms with E-state index in [1.165, 1.54) is 12.1 Å². The van der Waals surface area contributed by atoms with E-state index < -0.39 is 23.7 Å². The fourth-order valence-corrected chi connectivity index (χ4v) is 5.33. The fraction of sp³-hybridized carbons (Fsp3) is 0.462. The van der Waals surface area contributed by atoms with Gasteiger partial charge in [0, 0.05) is 13.1 Å². The second-order valence-electron chi connectivity index (χ2n) is 8.93. The molecule has 2 aliphatic rings. The lowest BCUT2D eigenvalue weighted by Crippen LogP contribution is -2.57. The average molecular weight is 471 g/mol. The van der Waals surface area contributed by atoms with Crippen LogP contribution in [0.2, 0.25) is 0 Å². The summed E-state index contributed by atoms with van der Waals surface area (Å²) in [6, 6.07) is 10.2. The van der Waals surface area contributed by atoms with Crippen molar-refractivity contribution in [2.24, 2.45) is 0 Å². The minimum Gasteiger partial charge on any atom is -0.435 e. The number of hydrogen-bond donors (Lipinski definition) is 1. The number of rotatable bonds is 5. The maximum absolute atomic E-state index is 13.5. The van der Waals surface area contributed by atoms with E-state index in [9.17, 15) is 14.0 Å². The Labute approximate surface area is 199 Å². The van der Waals surface area contributed by atoms with E-state index in [4.69, 9.17) is 14.3 Å². The van der Waals surface area contributed by atoms with Crippen LogP contribution in [0.25, 0.3) is 11.1 Å². The van der Waals surface area contributed by atoms with E-state index in [0.29, 0.717) is 25.9 Å². The molecule has 2 aromatic carbocycles. The van der Waals surface area contributed by atoms with E-state index in [-0.39, 0.29) is 18.3 Å². The highest BCUT2D eigenvalue weighted by Crippen LogP contribution is 2.45. The standard InChI is InChI=1S/C26H31FN2O5/c1-5-33-25(31)34-23-22(24(30)28-26(23)12-14-29(32-4)15-13-26)21-16(2)6-11-20(17(21)3)18-7-9-19(27)10-8-18/h6-11,22-23H,5,12-15H2,1-4H3,(H,28,30). The summed E-state index contributed by atoms with van der Waals surface area (Å²) >= 11 is 0. The lowest BCUT2D eigenvalue weighted by atomic mass is 9.76. The Morgan fingerprint density at radius 1 is 1.15 bits per heavy atom. The minimum atomic E-state index is -0.785. The molecular formula is C26H31FN2O5. The first-order valence-electron chi connectivity index (χ1n) is 11.6. The monoisotopic (exact) mass is 470 g/mol. The van der Waals surface area contributed by atoms with Crippen molar-refractivity contribution in [3.63, 3.8) is 0 Å². The predicted molar refractivity (Wildman–Crippen MR) is 125 cm³/mol. The molecule has 0 aliphatic carbocycles. The molecule has 4 rings (SSSR count). The Kier molecular flexibility index (Phi) is 6.91. The van der Waals surface area contributed by atoms with Gasteiger partial charge < -0.3 is 19.6 Å². The molecule has 2 unspecified atom stereocenters. The zero-order valence-corrected chi connectivity index (χ0v) is 20.0. The number of halogens is 1. The van der Waals surface area contributed by atoms with Crippen LogP contribution in [0.15, 0.2) is 36.4 Å². The summed E-state index contributed by atoms with van der Waals surface area (Å²) < 4.78 is 24.5. The SMILES string of the molecule is CCOC(=O)OC1C(c2c(C)ccc(-c3ccc(F)cc3)c2C)C(=O)NC12CCN(OC)CC2. The van der Waals surface area contributed by atoms with E-state index in [2.05, 4.69) is 5.32 Å². The predicted octanol–water partition coefficient (Wildman–Crippen LogP) is 4.26. The second kappa shape index (κ2) is 9.72. The molecule has 34 heavy (non-hydrogen) atoms. The normalized spacial score (nSPS) is 22.0. The summed E-state index contributed by atoms with van der Waals surface area (Å²) in [6.07, 6.45) is -0.377. The van der Waals surface area contributed by atoms with Crippen molar-refractivity contribution in [2.75, 3.05) is 26.8 Å². The van der Waals surface area contributed by atoms with Gasteiger partial charge in [0.05, 0.1) is 19.3 Å². The molecule has 0 bridgehead atoms.